The molecule has 31 heavy (non-hydrogen) atoms. The first-order valence-electron chi connectivity index (χ1n) is 10.3. The van der Waals surface area contributed by atoms with E-state index >= 15 is 0 Å². The summed E-state index contributed by atoms with van der Waals surface area (Å²) in [4.78, 5) is 20.8. The molecule has 1 aromatic carbocycles. The number of benzene rings is 1. The maximum atomic E-state index is 11.3. The molecular formula is C22H31ClN6O2. The van der Waals surface area contributed by atoms with E-state index < -0.39 is 0 Å². The minimum absolute atomic E-state index is 0.415. The largest absolute Gasteiger partial charge is 0.356 e. The van der Waals surface area contributed by atoms with Crippen molar-refractivity contribution < 1.29 is 9.59 Å². The molecule has 2 fully saturated rings. The van der Waals surface area contributed by atoms with Crippen molar-refractivity contribution in [2.24, 2.45) is 5.73 Å². The van der Waals surface area contributed by atoms with E-state index in [0.29, 0.717) is 28.5 Å². The predicted molar refractivity (Wildman–Crippen MR) is 123 cm³/mol. The van der Waals surface area contributed by atoms with Gasteiger partial charge in [0.1, 0.15) is 0 Å². The minimum atomic E-state index is 0.415. The summed E-state index contributed by atoms with van der Waals surface area (Å²) in [6, 6.07) is 8.30. The van der Waals surface area contributed by atoms with Crippen LogP contribution in [-0.2, 0) is 4.79 Å². The number of halogens is 1. The Bertz CT molecular complexity index is 796. The maximum absolute atomic E-state index is 11.3. The van der Waals surface area contributed by atoms with Crippen LogP contribution in [0.3, 0.4) is 0 Å². The van der Waals surface area contributed by atoms with Gasteiger partial charge in [-0.05, 0) is 57.0 Å². The Morgan fingerprint density at radius 2 is 1.71 bits per heavy atom. The summed E-state index contributed by atoms with van der Waals surface area (Å²) in [5.74, 6) is 0.609. The normalized spacial score (nSPS) is 14.9. The number of aromatic nitrogens is 2. The summed E-state index contributed by atoms with van der Waals surface area (Å²) in [6.07, 6.45) is 11.9. The molecule has 2 aliphatic carbocycles. The van der Waals surface area contributed by atoms with Crippen molar-refractivity contribution >= 4 is 35.8 Å². The van der Waals surface area contributed by atoms with E-state index in [-0.39, 0.29) is 0 Å². The van der Waals surface area contributed by atoms with E-state index in [1.807, 2.05) is 35.1 Å². The van der Waals surface area contributed by atoms with Crippen molar-refractivity contribution in [2.75, 3.05) is 12.4 Å². The monoisotopic (exact) mass is 446 g/mol. The van der Waals surface area contributed by atoms with Gasteiger partial charge in [0.05, 0.1) is 11.6 Å². The topological polar surface area (TPSA) is 126 Å². The molecule has 168 valence electrons. The van der Waals surface area contributed by atoms with Crippen LogP contribution >= 0.6 is 11.6 Å². The van der Waals surface area contributed by atoms with Crippen LogP contribution in [0.25, 0.3) is 0 Å². The Labute approximate surface area is 188 Å². The van der Waals surface area contributed by atoms with Crippen molar-refractivity contribution in [1.29, 1.82) is 5.26 Å². The van der Waals surface area contributed by atoms with Crippen LogP contribution < -0.4 is 16.4 Å². The number of nitrogens with zero attached hydrogens (tertiary/aromatic N) is 3. The fourth-order valence-corrected chi connectivity index (χ4v) is 3.26. The molecule has 4 N–H and O–H groups in total. The second-order valence-corrected chi connectivity index (χ2v) is 7.45. The zero-order valence-corrected chi connectivity index (χ0v) is 18.6. The van der Waals surface area contributed by atoms with Gasteiger partial charge < -0.3 is 16.4 Å². The van der Waals surface area contributed by atoms with Gasteiger partial charge in [-0.1, -0.05) is 30.9 Å². The van der Waals surface area contributed by atoms with E-state index in [1.54, 1.807) is 0 Å². The zero-order chi connectivity index (χ0) is 23.1. The first-order valence-corrected chi connectivity index (χ1v) is 10.7. The molecule has 8 nitrogen and oxygen atoms in total. The quantitative estimate of drug-likeness (QED) is 0.570. The lowest BCUT2D eigenvalue weighted by molar-refractivity contribution is -0.109. The first kappa shape index (κ1) is 26.1. The average molecular weight is 447 g/mol. The van der Waals surface area contributed by atoms with Crippen LogP contribution in [0.1, 0.15) is 61.3 Å². The molecule has 2 aromatic rings. The number of nitriles is 1. The van der Waals surface area contributed by atoms with Gasteiger partial charge in [-0.25, -0.2) is 5.26 Å². The Morgan fingerprint density at radius 1 is 1.10 bits per heavy atom. The highest BCUT2D eigenvalue weighted by Crippen LogP contribution is 2.29. The zero-order valence-electron chi connectivity index (χ0n) is 17.8. The van der Waals surface area contributed by atoms with E-state index in [4.69, 9.17) is 16.9 Å². The summed E-state index contributed by atoms with van der Waals surface area (Å²) in [5, 5.41) is 17.6. The van der Waals surface area contributed by atoms with Crippen molar-refractivity contribution in [2.45, 2.75) is 57.0 Å². The predicted octanol–water partition coefficient (Wildman–Crippen LogP) is 4.21. The number of amides is 1. The molecule has 4 rings (SSSR count). The molecule has 0 saturated heterocycles. The molecule has 2 aliphatic rings. The molecule has 9 heteroatoms. The lowest BCUT2D eigenvalue weighted by Gasteiger charge is -2.21. The second-order valence-electron chi connectivity index (χ2n) is 7.01. The maximum Gasteiger partial charge on any atom is 0.207 e. The van der Waals surface area contributed by atoms with Crippen LogP contribution in [-0.4, -0.2) is 35.6 Å². The van der Waals surface area contributed by atoms with Crippen LogP contribution in [0.4, 0.5) is 11.5 Å². The average Bonchev–Trinajstić information content (AvgIpc) is 3.56. The van der Waals surface area contributed by atoms with Crippen LogP contribution in [0.2, 0.25) is 5.02 Å². The summed E-state index contributed by atoms with van der Waals surface area (Å²) in [7, 11) is 1.50. The molecule has 1 aromatic heterocycles. The van der Waals surface area contributed by atoms with E-state index in [2.05, 4.69) is 28.0 Å². The van der Waals surface area contributed by atoms with Gasteiger partial charge in [0.15, 0.2) is 12.1 Å². The third kappa shape index (κ3) is 9.20. The van der Waals surface area contributed by atoms with E-state index in [1.165, 1.54) is 39.2 Å². The summed E-state index contributed by atoms with van der Waals surface area (Å²) in [5.41, 5.74) is 5.96. The van der Waals surface area contributed by atoms with Crippen LogP contribution in [0, 0.1) is 11.8 Å². The van der Waals surface area contributed by atoms with Crippen molar-refractivity contribution in [3.05, 3.63) is 41.0 Å². The highest BCUT2D eigenvalue weighted by molar-refractivity contribution is 6.30. The summed E-state index contributed by atoms with van der Waals surface area (Å²) >= 11 is 5.88. The van der Waals surface area contributed by atoms with Gasteiger partial charge in [-0.15, -0.1) is 0 Å². The van der Waals surface area contributed by atoms with Crippen molar-refractivity contribution in [1.82, 2.24) is 15.1 Å². The fourth-order valence-electron chi connectivity index (χ4n) is 3.14. The minimum Gasteiger partial charge on any atom is -0.356 e. The summed E-state index contributed by atoms with van der Waals surface area (Å²) < 4.78 is 1.95. The van der Waals surface area contributed by atoms with E-state index in [9.17, 15) is 9.59 Å². The Kier molecular flexibility index (Phi) is 12.6. The smallest absolute Gasteiger partial charge is 0.207 e. The molecule has 0 spiro atoms. The lowest BCUT2D eigenvalue weighted by Crippen LogP contribution is -2.13. The lowest BCUT2D eigenvalue weighted by atomic mass is 9.96. The van der Waals surface area contributed by atoms with Gasteiger partial charge in [-0.2, -0.15) is 5.10 Å². The van der Waals surface area contributed by atoms with Gasteiger partial charge >= 0.3 is 0 Å². The van der Waals surface area contributed by atoms with Gasteiger partial charge in [0.2, 0.25) is 6.41 Å². The number of aldehydes is 1. The molecule has 0 unspecified atom stereocenters. The highest BCUT2D eigenvalue weighted by atomic mass is 35.5. The van der Waals surface area contributed by atoms with Crippen molar-refractivity contribution in [3.63, 3.8) is 0 Å². The number of carbonyl (C=O) groups is 2. The number of nitrogens with two attached hydrogens (primary N) is 1. The number of nitrogens with one attached hydrogen (secondary N) is 2. The molecule has 0 aliphatic heterocycles. The highest BCUT2D eigenvalue weighted by Gasteiger charge is 2.19. The van der Waals surface area contributed by atoms with Crippen molar-refractivity contribution in [3.8, 4) is 6.57 Å². The number of hydrogen-bond acceptors (Lipinski definition) is 6. The third-order valence-electron chi connectivity index (χ3n) is 4.82. The summed E-state index contributed by atoms with van der Waals surface area (Å²) in [6.45, 7) is 3.50. The Morgan fingerprint density at radius 3 is 2.19 bits per heavy atom. The molecule has 2 saturated carbocycles. The van der Waals surface area contributed by atoms with Gasteiger partial charge in [-0.3, -0.25) is 14.3 Å². The standard InChI is InChI=1S/C16H18ClN3O.C4H7NO.CH5N.CHN/c17-13-6-8-14(9-7-13)18-16-12(11-21)10-20(19-16)15-4-2-1-3-5-15;6-3-5-4-1-2-4;2*1-2/h6-11,15H,1-5H2,(H,18,19);3-4H,1-2H2,(H,5,6);2H2,1H3;1H. The van der Waals surface area contributed by atoms with Crippen LogP contribution in [0.5, 0.6) is 0 Å². The number of anilines is 2. The molecule has 0 bridgehead atoms. The second kappa shape index (κ2) is 15.0. The first-order chi connectivity index (χ1) is 15.2. The third-order valence-corrected chi connectivity index (χ3v) is 5.08. The van der Waals surface area contributed by atoms with E-state index in [0.717, 1.165) is 31.2 Å². The molecule has 1 amide bonds. The molecule has 1 heterocycles. The van der Waals surface area contributed by atoms with Gasteiger partial charge in [0.25, 0.3) is 0 Å². The number of rotatable bonds is 6. The number of hydrogen-bond donors (Lipinski definition) is 3. The molecular weight excluding hydrogens is 416 g/mol. The fraction of sp³-hybridized carbons (Fsp3) is 0.455. The molecule has 0 atom stereocenters. The SMILES string of the molecule is C#N.CN.O=CNC1CC1.O=Cc1cn(C2CCCCC2)nc1Nc1ccc(Cl)cc1. The Hall–Kier alpha value is -2.89. The molecule has 0 radical (unpaired) electrons. The van der Waals surface area contributed by atoms with Crippen LogP contribution in [0.15, 0.2) is 30.5 Å². The number of carbonyl (C=O) groups excluding carboxylic acids is 2. The Balaban J connectivity index is 0.000000404. The van der Waals surface area contributed by atoms with Gasteiger partial charge in [0, 0.05) is 29.5 Å².